The number of hydrogen-bond donors (Lipinski definition) is 1. The fourth-order valence-electron chi connectivity index (χ4n) is 3.50. The molecular weight excluding hydrogens is 304 g/mol. The predicted molar refractivity (Wildman–Crippen MR) is 96.5 cm³/mol. The molecule has 122 valence electrons. The molecule has 1 aromatic carbocycles. The lowest BCUT2D eigenvalue weighted by molar-refractivity contribution is 0.0703. The van der Waals surface area contributed by atoms with E-state index in [0.717, 1.165) is 43.2 Å². The zero-order valence-electron chi connectivity index (χ0n) is 14.1. The number of fused-ring (bicyclic) bond motifs is 1. The van der Waals surface area contributed by atoms with Gasteiger partial charge in [0.15, 0.2) is 0 Å². The number of carbonyl (C=O) groups is 1. The molecule has 3 rings (SSSR count). The molecule has 3 heteroatoms. The van der Waals surface area contributed by atoms with Gasteiger partial charge >= 0.3 is 5.97 Å². The monoisotopic (exact) mass is 328 g/mol. The van der Waals surface area contributed by atoms with Crippen molar-refractivity contribution in [3.8, 4) is 11.1 Å². The first kappa shape index (κ1) is 16.3. The second-order valence-corrected chi connectivity index (χ2v) is 8.41. The third kappa shape index (κ3) is 3.20. The van der Waals surface area contributed by atoms with Gasteiger partial charge in [0.25, 0.3) is 0 Å². The summed E-state index contributed by atoms with van der Waals surface area (Å²) in [5.41, 5.74) is 4.86. The molecular formula is C20H24O2S. The minimum atomic E-state index is -0.796. The Morgan fingerprint density at radius 2 is 1.96 bits per heavy atom. The van der Waals surface area contributed by atoms with Crippen LogP contribution in [0.25, 0.3) is 11.1 Å². The zero-order valence-corrected chi connectivity index (χ0v) is 14.9. The van der Waals surface area contributed by atoms with E-state index in [9.17, 15) is 9.90 Å². The Balaban J connectivity index is 2.10. The Labute approximate surface area is 142 Å². The summed E-state index contributed by atoms with van der Waals surface area (Å²) >= 11 is 1.48. The van der Waals surface area contributed by atoms with Crippen LogP contribution in [0.15, 0.2) is 24.3 Å². The van der Waals surface area contributed by atoms with Crippen molar-refractivity contribution in [3.63, 3.8) is 0 Å². The van der Waals surface area contributed by atoms with Crippen LogP contribution in [0.1, 0.15) is 59.3 Å². The van der Waals surface area contributed by atoms with E-state index >= 15 is 0 Å². The summed E-state index contributed by atoms with van der Waals surface area (Å²) in [6.07, 6.45) is 5.30. The van der Waals surface area contributed by atoms with Crippen LogP contribution in [0.2, 0.25) is 0 Å². The molecule has 0 aliphatic heterocycles. The summed E-state index contributed by atoms with van der Waals surface area (Å²) in [5, 5.41) is 9.66. The first-order chi connectivity index (χ1) is 10.9. The highest BCUT2D eigenvalue weighted by Gasteiger charge is 2.32. The Bertz CT molecular complexity index is 723. The maximum Gasteiger partial charge on any atom is 0.346 e. The lowest BCUT2D eigenvalue weighted by Gasteiger charge is -2.30. The van der Waals surface area contributed by atoms with Gasteiger partial charge < -0.3 is 5.11 Å². The van der Waals surface area contributed by atoms with Crippen LogP contribution < -0.4 is 0 Å². The average molecular weight is 328 g/mol. The number of carboxylic acids is 1. The minimum Gasteiger partial charge on any atom is -0.477 e. The number of thiophene rings is 1. The largest absolute Gasteiger partial charge is 0.477 e. The third-order valence-corrected chi connectivity index (χ3v) is 6.03. The van der Waals surface area contributed by atoms with Gasteiger partial charge in [-0.3, -0.25) is 0 Å². The summed E-state index contributed by atoms with van der Waals surface area (Å²) in [5.74, 6) is -0.796. The number of benzene rings is 1. The minimum absolute atomic E-state index is 0.251. The fraction of sp³-hybridized carbons (Fsp3) is 0.450. The lowest BCUT2D eigenvalue weighted by atomic mass is 9.75. The van der Waals surface area contributed by atoms with Crippen molar-refractivity contribution in [1.29, 1.82) is 0 Å². The molecule has 0 bridgehead atoms. The SMILES string of the molecule is CCCc1ccc(-c2c(C(=O)O)sc3c2CC(C)(C)CC3)cc1. The highest BCUT2D eigenvalue weighted by Crippen LogP contribution is 2.45. The summed E-state index contributed by atoms with van der Waals surface area (Å²) in [6, 6.07) is 8.48. The molecule has 1 N–H and O–H groups in total. The van der Waals surface area contributed by atoms with E-state index in [1.165, 1.54) is 27.3 Å². The molecule has 0 saturated carbocycles. The van der Waals surface area contributed by atoms with Crippen LogP contribution in [0.5, 0.6) is 0 Å². The summed E-state index contributed by atoms with van der Waals surface area (Å²) in [6.45, 7) is 6.73. The topological polar surface area (TPSA) is 37.3 Å². The number of carboxylic acid groups (broad SMARTS) is 1. The molecule has 0 amide bonds. The molecule has 0 spiro atoms. The smallest absolute Gasteiger partial charge is 0.346 e. The van der Waals surface area contributed by atoms with Crippen molar-refractivity contribution >= 4 is 17.3 Å². The van der Waals surface area contributed by atoms with Gasteiger partial charge in [0.2, 0.25) is 0 Å². The van der Waals surface area contributed by atoms with Crippen LogP contribution in [-0.2, 0) is 19.3 Å². The van der Waals surface area contributed by atoms with Crippen LogP contribution in [0.3, 0.4) is 0 Å². The van der Waals surface area contributed by atoms with Gasteiger partial charge in [0.05, 0.1) is 0 Å². The van der Waals surface area contributed by atoms with E-state index < -0.39 is 5.97 Å². The molecule has 2 aromatic rings. The van der Waals surface area contributed by atoms with Crippen LogP contribution in [0.4, 0.5) is 0 Å². The first-order valence-corrected chi connectivity index (χ1v) is 9.20. The predicted octanol–water partition coefficient (Wildman–Crippen LogP) is 5.58. The molecule has 1 aromatic heterocycles. The molecule has 0 saturated heterocycles. The zero-order chi connectivity index (χ0) is 16.6. The van der Waals surface area contributed by atoms with Crippen molar-refractivity contribution in [2.45, 2.75) is 52.9 Å². The van der Waals surface area contributed by atoms with Crippen molar-refractivity contribution in [1.82, 2.24) is 0 Å². The van der Waals surface area contributed by atoms with Crippen LogP contribution in [0, 0.1) is 5.41 Å². The van der Waals surface area contributed by atoms with Gasteiger partial charge in [-0.25, -0.2) is 4.79 Å². The van der Waals surface area contributed by atoms with Crippen molar-refractivity contribution in [3.05, 3.63) is 45.1 Å². The lowest BCUT2D eigenvalue weighted by Crippen LogP contribution is -2.21. The normalized spacial score (nSPS) is 16.1. The standard InChI is InChI=1S/C20H24O2S/c1-4-5-13-6-8-14(9-7-13)17-15-12-20(2,3)11-10-16(15)23-18(17)19(21)22/h6-9H,4-5,10-12H2,1-3H3,(H,21,22). The van der Waals surface area contributed by atoms with Gasteiger partial charge in [0, 0.05) is 10.4 Å². The van der Waals surface area contributed by atoms with E-state index in [0.29, 0.717) is 4.88 Å². The van der Waals surface area contributed by atoms with Gasteiger partial charge in [-0.05, 0) is 47.8 Å². The quantitative estimate of drug-likeness (QED) is 0.795. The van der Waals surface area contributed by atoms with E-state index in [1.54, 1.807) is 0 Å². The Hall–Kier alpha value is -1.61. The molecule has 1 heterocycles. The number of rotatable bonds is 4. The molecule has 2 nitrogen and oxygen atoms in total. The maximum absolute atomic E-state index is 11.8. The van der Waals surface area contributed by atoms with Crippen molar-refractivity contribution in [2.75, 3.05) is 0 Å². The molecule has 0 atom stereocenters. The van der Waals surface area contributed by atoms with E-state index in [1.807, 2.05) is 0 Å². The highest BCUT2D eigenvalue weighted by molar-refractivity contribution is 7.14. The van der Waals surface area contributed by atoms with Crippen LogP contribution in [-0.4, -0.2) is 11.1 Å². The molecule has 23 heavy (non-hydrogen) atoms. The fourth-order valence-corrected chi connectivity index (χ4v) is 4.68. The molecule has 1 aliphatic carbocycles. The second-order valence-electron chi connectivity index (χ2n) is 7.30. The Kier molecular flexibility index (Phi) is 4.33. The average Bonchev–Trinajstić information content (AvgIpc) is 2.86. The highest BCUT2D eigenvalue weighted by atomic mass is 32.1. The van der Waals surface area contributed by atoms with Gasteiger partial charge in [-0.15, -0.1) is 11.3 Å². The number of aromatic carboxylic acids is 1. The molecule has 0 radical (unpaired) electrons. The van der Waals surface area contributed by atoms with Crippen LogP contribution >= 0.6 is 11.3 Å². The van der Waals surface area contributed by atoms with Gasteiger partial charge in [-0.2, -0.15) is 0 Å². The molecule has 0 unspecified atom stereocenters. The summed E-state index contributed by atoms with van der Waals surface area (Å²) < 4.78 is 0. The molecule has 0 fully saturated rings. The maximum atomic E-state index is 11.8. The Morgan fingerprint density at radius 3 is 2.57 bits per heavy atom. The van der Waals surface area contributed by atoms with Gasteiger partial charge in [-0.1, -0.05) is 51.5 Å². The summed E-state index contributed by atoms with van der Waals surface area (Å²) in [4.78, 5) is 13.5. The van der Waals surface area contributed by atoms with E-state index in [2.05, 4.69) is 45.0 Å². The second kappa shape index (κ2) is 6.12. The van der Waals surface area contributed by atoms with Gasteiger partial charge in [0.1, 0.15) is 4.88 Å². The Morgan fingerprint density at radius 1 is 1.26 bits per heavy atom. The molecule has 1 aliphatic rings. The van der Waals surface area contributed by atoms with Crippen molar-refractivity contribution < 1.29 is 9.90 Å². The van der Waals surface area contributed by atoms with E-state index in [4.69, 9.17) is 0 Å². The summed E-state index contributed by atoms with van der Waals surface area (Å²) in [7, 11) is 0. The van der Waals surface area contributed by atoms with E-state index in [-0.39, 0.29) is 5.41 Å². The number of aryl methyl sites for hydroxylation is 2. The first-order valence-electron chi connectivity index (χ1n) is 8.38. The van der Waals surface area contributed by atoms with Crippen molar-refractivity contribution in [2.24, 2.45) is 5.41 Å². The number of hydrogen-bond acceptors (Lipinski definition) is 2. The third-order valence-electron chi connectivity index (χ3n) is 4.75.